The van der Waals surface area contributed by atoms with Crippen LogP contribution in [0.4, 0.5) is 0 Å². The molecule has 11 nitrogen and oxygen atoms in total. The van der Waals surface area contributed by atoms with Crippen LogP contribution in [0.3, 0.4) is 0 Å². The van der Waals surface area contributed by atoms with Gasteiger partial charge in [-0.3, -0.25) is 14.6 Å². The predicted molar refractivity (Wildman–Crippen MR) is 175 cm³/mol. The fraction of sp³-hybridized carbons (Fsp3) is 0.389. The Morgan fingerprint density at radius 1 is 1.02 bits per heavy atom. The van der Waals surface area contributed by atoms with Crippen LogP contribution in [0.15, 0.2) is 48.8 Å². The summed E-state index contributed by atoms with van der Waals surface area (Å²) in [5.41, 5.74) is 1.36. The number of hydrogen-bond acceptors (Lipinski definition) is 10. The van der Waals surface area contributed by atoms with Crippen molar-refractivity contribution in [1.29, 1.82) is 0 Å². The number of amides is 1. The van der Waals surface area contributed by atoms with Crippen LogP contribution in [0, 0.1) is 0 Å². The largest absolute Gasteiger partial charge is 0.507 e. The maximum Gasteiger partial charge on any atom is 0.342 e. The number of aromatic hydroxyl groups is 2. The van der Waals surface area contributed by atoms with Gasteiger partial charge in [0.25, 0.3) is 0 Å². The Morgan fingerprint density at radius 2 is 1.70 bits per heavy atom. The first kappa shape index (κ1) is 34.8. The van der Waals surface area contributed by atoms with Gasteiger partial charge in [0.05, 0.1) is 27.4 Å². The molecule has 0 bridgehead atoms. The highest BCUT2D eigenvalue weighted by Crippen LogP contribution is 2.47. The molecule has 2 aromatic carbocycles. The van der Waals surface area contributed by atoms with Crippen LogP contribution in [0.1, 0.15) is 90.4 Å². The summed E-state index contributed by atoms with van der Waals surface area (Å²) >= 11 is 0. The van der Waals surface area contributed by atoms with Crippen LogP contribution in [0.5, 0.6) is 28.7 Å². The Balaban J connectivity index is 1.84. The lowest BCUT2D eigenvalue weighted by molar-refractivity contribution is -0.121. The second kappa shape index (κ2) is 16.5. The molecule has 0 spiro atoms. The van der Waals surface area contributed by atoms with Gasteiger partial charge in [0.1, 0.15) is 22.8 Å². The first-order valence-electron chi connectivity index (χ1n) is 15.6. The van der Waals surface area contributed by atoms with Gasteiger partial charge < -0.3 is 34.5 Å². The number of phenols is 2. The third-order valence-corrected chi connectivity index (χ3v) is 8.12. The summed E-state index contributed by atoms with van der Waals surface area (Å²) in [5, 5.41) is 26.2. The summed E-state index contributed by atoms with van der Waals surface area (Å²) in [6.07, 6.45) is 9.00. The fourth-order valence-corrected chi connectivity index (χ4v) is 5.67. The maximum absolute atomic E-state index is 13.7. The number of methoxy groups -OCH3 is 3. The van der Waals surface area contributed by atoms with Crippen molar-refractivity contribution < 1.29 is 43.5 Å². The molecular formula is C36H42N2O9. The van der Waals surface area contributed by atoms with Gasteiger partial charge in [0.15, 0.2) is 11.5 Å². The number of nitrogens with one attached hydrogen (secondary N) is 1. The first-order chi connectivity index (χ1) is 22.7. The quantitative estimate of drug-likeness (QED) is 0.242. The number of esters is 1. The molecule has 1 aliphatic rings. The van der Waals surface area contributed by atoms with Crippen LogP contribution < -0.4 is 19.5 Å². The van der Waals surface area contributed by atoms with Crippen LogP contribution in [0.25, 0.3) is 6.08 Å². The van der Waals surface area contributed by atoms with Crippen LogP contribution >= 0.6 is 0 Å². The van der Waals surface area contributed by atoms with Crippen molar-refractivity contribution in [2.24, 2.45) is 0 Å². The Bertz CT molecular complexity index is 1580. The maximum atomic E-state index is 13.7. The molecule has 0 aliphatic carbocycles. The predicted octanol–water partition coefficient (Wildman–Crippen LogP) is 5.84. The Kier molecular flexibility index (Phi) is 12.2. The number of cyclic esters (lactones) is 1. The smallest absolute Gasteiger partial charge is 0.342 e. The van der Waals surface area contributed by atoms with Crippen LogP contribution in [0.2, 0.25) is 0 Å². The Hall–Kier alpha value is -5.06. The number of aromatic nitrogens is 1. The van der Waals surface area contributed by atoms with E-state index in [9.17, 15) is 24.6 Å². The van der Waals surface area contributed by atoms with E-state index in [1.54, 1.807) is 55.7 Å². The molecule has 1 amide bonds. The fourth-order valence-electron chi connectivity index (χ4n) is 5.67. The van der Waals surface area contributed by atoms with Crippen LogP contribution in [-0.2, 0) is 20.9 Å². The number of fused-ring (bicyclic) bond motifs is 1. The topological polar surface area (TPSA) is 154 Å². The van der Waals surface area contributed by atoms with Gasteiger partial charge in [0.2, 0.25) is 11.7 Å². The number of carbonyl (C=O) groups is 3. The van der Waals surface area contributed by atoms with Crippen molar-refractivity contribution >= 4 is 23.7 Å². The highest BCUT2D eigenvalue weighted by Gasteiger charge is 2.32. The van der Waals surface area contributed by atoms with E-state index in [4.69, 9.17) is 18.9 Å². The van der Waals surface area contributed by atoms with Crippen molar-refractivity contribution in [3.05, 3.63) is 76.6 Å². The summed E-state index contributed by atoms with van der Waals surface area (Å²) in [4.78, 5) is 43.3. The first-order valence-corrected chi connectivity index (χ1v) is 15.6. The van der Waals surface area contributed by atoms with Crippen molar-refractivity contribution in [3.63, 3.8) is 0 Å². The molecule has 47 heavy (non-hydrogen) atoms. The van der Waals surface area contributed by atoms with Gasteiger partial charge in [-0.2, -0.15) is 0 Å². The summed E-state index contributed by atoms with van der Waals surface area (Å²) in [6, 6.07) is 8.20. The number of carbonyl (C=O) groups excluding carboxylic acids is 3. The van der Waals surface area contributed by atoms with E-state index in [0.717, 1.165) is 5.56 Å². The number of pyridine rings is 1. The molecule has 3 N–H and O–H groups in total. The Morgan fingerprint density at radius 3 is 2.36 bits per heavy atom. The van der Waals surface area contributed by atoms with Gasteiger partial charge in [-0.05, 0) is 79.6 Å². The Labute approximate surface area is 274 Å². The number of allylic oxidation sites excluding steroid dienone is 1. The summed E-state index contributed by atoms with van der Waals surface area (Å²) in [7, 11) is 4.38. The second-order valence-electron chi connectivity index (χ2n) is 11.4. The number of Topliss-reactive ketones (excluding diaryl/α,β-unsaturated/α-hetero) is 1. The molecule has 2 heterocycles. The van der Waals surface area contributed by atoms with Crippen molar-refractivity contribution in [3.8, 4) is 28.7 Å². The number of benzene rings is 2. The van der Waals surface area contributed by atoms with E-state index < -0.39 is 23.7 Å². The molecule has 0 saturated heterocycles. The molecule has 3 aromatic rings. The van der Waals surface area contributed by atoms with Gasteiger partial charge >= 0.3 is 5.97 Å². The average Bonchev–Trinajstić information content (AvgIpc) is 3.05. The SMILES string of the molecule is COc1cc(C(CC(=O)NCc2ccncc2)c2c(O)cc3c(c2O)C(=O)O[C@@H](C)CCCC(=O)CCCC=C3)cc(OC)c1OC. The molecule has 1 aliphatic heterocycles. The molecule has 2 atom stereocenters. The zero-order valence-corrected chi connectivity index (χ0v) is 27.2. The monoisotopic (exact) mass is 646 g/mol. The lowest BCUT2D eigenvalue weighted by Gasteiger charge is -2.24. The van der Waals surface area contributed by atoms with E-state index in [1.807, 2.05) is 0 Å². The summed E-state index contributed by atoms with van der Waals surface area (Å²) in [5.74, 6) is -1.89. The molecule has 250 valence electrons. The minimum absolute atomic E-state index is 0.0400. The molecule has 0 saturated carbocycles. The molecule has 11 heteroatoms. The normalized spacial score (nSPS) is 16.3. The van der Waals surface area contributed by atoms with Crippen molar-refractivity contribution in [2.45, 2.75) is 70.4 Å². The van der Waals surface area contributed by atoms with E-state index in [-0.39, 0.29) is 47.1 Å². The number of ketones is 1. The zero-order chi connectivity index (χ0) is 33.9. The highest BCUT2D eigenvalue weighted by atomic mass is 16.5. The zero-order valence-electron chi connectivity index (χ0n) is 27.2. The molecule has 0 fully saturated rings. The van der Waals surface area contributed by atoms with E-state index in [2.05, 4.69) is 10.3 Å². The van der Waals surface area contributed by atoms with Gasteiger partial charge in [-0.25, -0.2) is 4.79 Å². The molecule has 1 unspecified atom stereocenters. The lowest BCUT2D eigenvalue weighted by Crippen LogP contribution is -2.25. The molecule has 4 rings (SSSR count). The summed E-state index contributed by atoms with van der Waals surface area (Å²) in [6.45, 7) is 1.96. The lowest BCUT2D eigenvalue weighted by atomic mass is 9.84. The molecule has 0 radical (unpaired) electrons. The van der Waals surface area contributed by atoms with E-state index >= 15 is 0 Å². The number of nitrogens with zero attached hydrogens (tertiary/aromatic N) is 1. The third-order valence-electron chi connectivity index (χ3n) is 8.12. The second-order valence-corrected chi connectivity index (χ2v) is 11.4. The number of rotatable bonds is 9. The van der Waals surface area contributed by atoms with Gasteiger partial charge in [-0.1, -0.05) is 12.2 Å². The average molecular weight is 647 g/mol. The van der Waals surface area contributed by atoms with E-state index in [1.165, 1.54) is 27.4 Å². The minimum Gasteiger partial charge on any atom is -0.507 e. The van der Waals surface area contributed by atoms with Crippen molar-refractivity contribution in [1.82, 2.24) is 10.3 Å². The molecular weight excluding hydrogens is 604 g/mol. The number of ether oxygens (including phenoxy) is 4. The molecule has 1 aromatic heterocycles. The van der Waals surface area contributed by atoms with Crippen molar-refractivity contribution in [2.75, 3.05) is 21.3 Å². The summed E-state index contributed by atoms with van der Waals surface area (Å²) < 4.78 is 22.3. The minimum atomic E-state index is -0.972. The third kappa shape index (κ3) is 8.81. The van der Waals surface area contributed by atoms with Gasteiger partial charge in [-0.15, -0.1) is 0 Å². The van der Waals surface area contributed by atoms with E-state index in [0.29, 0.717) is 61.3 Å². The number of hydrogen-bond donors (Lipinski definition) is 3. The van der Waals surface area contributed by atoms with Gasteiger partial charge in [0, 0.05) is 49.7 Å². The van der Waals surface area contributed by atoms with Crippen LogP contribution in [-0.4, -0.2) is 60.3 Å². The highest BCUT2D eigenvalue weighted by molar-refractivity contribution is 5.98. The number of phenolic OH excluding ortho intramolecular Hbond substituents is 2. The standard InChI is InChI=1S/C36H42N2O9/c1-22-9-8-12-26(39)11-7-5-6-10-24-17-28(40)33(34(42)32(24)36(43)47-22)27(20-31(41)38-21-23-13-15-37-16-14-23)25-18-29(44-2)35(46-4)30(19-25)45-3/h6,10,13-19,22,27,40,42H,5,7-9,11-12,20-21H2,1-4H3,(H,38,41)/t22-,27?/m0/s1.